The molecule has 1 aromatic carbocycles. The van der Waals surface area contributed by atoms with Crippen LogP contribution in [0, 0.1) is 11.3 Å². The van der Waals surface area contributed by atoms with Crippen molar-refractivity contribution in [3.8, 4) is 17.2 Å². The molecule has 2 N–H and O–H groups in total. The van der Waals surface area contributed by atoms with Gasteiger partial charge in [0.1, 0.15) is 11.9 Å². The van der Waals surface area contributed by atoms with Crippen LogP contribution in [0.25, 0.3) is 11.1 Å². The number of anilines is 1. The maximum atomic E-state index is 13.1. The summed E-state index contributed by atoms with van der Waals surface area (Å²) >= 11 is 0. The van der Waals surface area contributed by atoms with Gasteiger partial charge in [-0.15, -0.1) is 0 Å². The number of nitrogens with one attached hydrogen (secondary N) is 2. The van der Waals surface area contributed by atoms with Crippen LogP contribution in [0.1, 0.15) is 37.8 Å². The summed E-state index contributed by atoms with van der Waals surface area (Å²) in [5.74, 6) is 0.181. The summed E-state index contributed by atoms with van der Waals surface area (Å²) in [5, 5.41) is 15.3. The number of hydrogen-bond donors (Lipinski definition) is 2. The van der Waals surface area contributed by atoms with E-state index in [9.17, 15) is 31.1 Å². The van der Waals surface area contributed by atoms with E-state index in [1.165, 1.54) is 18.3 Å². The zero-order valence-corrected chi connectivity index (χ0v) is 19.6. The molecule has 2 heterocycles. The molecule has 0 spiro atoms. The number of hydrogen-bond acceptors (Lipinski definition) is 5. The molecule has 1 amide bonds. The highest BCUT2D eigenvalue weighted by Crippen LogP contribution is 2.38. The van der Waals surface area contributed by atoms with Crippen LogP contribution in [-0.4, -0.2) is 47.0 Å². The predicted molar refractivity (Wildman–Crippen MR) is 121 cm³/mol. The van der Waals surface area contributed by atoms with Crippen molar-refractivity contribution in [1.82, 2.24) is 15.2 Å². The van der Waals surface area contributed by atoms with E-state index in [1.54, 1.807) is 4.90 Å². The van der Waals surface area contributed by atoms with E-state index in [0.717, 1.165) is 6.42 Å². The van der Waals surface area contributed by atoms with Crippen molar-refractivity contribution in [1.29, 1.82) is 5.26 Å². The van der Waals surface area contributed by atoms with Crippen LogP contribution in [0.2, 0.25) is 0 Å². The third kappa shape index (κ3) is 6.87. The summed E-state index contributed by atoms with van der Waals surface area (Å²) in [6.07, 6.45) is -7.23. The number of rotatable bonds is 7. The zero-order valence-electron chi connectivity index (χ0n) is 19.6. The Hall–Kier alpha value is -3.33. The minimum absolute atomic E-state index is 0.0380. The van der Waals surface area contributed by atoms with Crippen molar-refractivity contribution in [3.05, 3.63) is 47.7 Å². The lowest BCUT2D eigenvalue weighted by Gasteiger charge is -2.28. The van der Waals surface area contributed by atoms with Crippen molar-refractivity contribution in [2.45, 2.75) is 50.6 Å². The Balaban J connectivity index is 1.65. The molecule has 1 saturated heterocycles. The second-order valence-electron chi connectivity index (χ2n) is 9.19. The van der Waals surface area contributed by atoms with E-state index < -0.39 is 35.1 Å². The minimum atomic E-state index is -4.94. The van der Waals surface area contributed by atoms with Gasteiger partial charge in [0, 0.05) is 30.4 Å². The Morgan fingerprint density at radius 1 is 1.08 bits per heavy atom. The van der Waals surface area contributed by atoms with Crippen LogP contribution in [0.4, 0.5) is 32.2 Å². The van der Waals surface area contributed by atoms with Crippen LogP contribution in [-0.2, 0) is 17.1 Å². The maximum Gasteiger partial charge on any atom is 0.416 e. The normalized spacial score (nSPS) is 16.6. The van der Waals surface area contributed by atoms with Gasteiger partial charge < -0.3 is 15.5 Å². The zero-order chi connectivity index (χ0) is 26.7. The standard InChI is InChI=1S/C24H25F6N5O/c1-22(2,34-13-21(36)35-7-3-4-19(35)11-31)14-33-20-6-5-15(12-32-20)16-8-17(23(25,26)27)10-18(9-16)24(28,29)30/h5-6,8-10,12,19,34H,3-4,7,13-14H2,1-2H3,(H,32,33). The SMILES string of the molecule is CC(C)(CNc1ccc(-c2cc(C(F)(F)F)cc(C(F)(F)F)c2)cn1)NCC(=O)N1CCCC1C#N. The van der Waals surface area contributed by atoms with E-state index in [0.29, 0.717) is 37.5 Å². The molecule has 12 heteroatoms. The lowest BCUT2D eigenvalue weighted by molar-refractivity contribution is -0.143. The first-order valence-corrected chi connectivity index (χ1v) is 11.1. The number of alkyl halides is 6. The molecule has 1 atom stereocenters. The molecule has 1 aliphatic rings. The first kappa shape index (κ1) is 27.3. The third-order valence-corrected chi connectivity index (χ3v) is 5.84. The molecular formula is C24H25F6N5O. The molecule has 0 saturated carbocycles. The lowest BCUT2D eigenvalue weighted by atomic mass is 10.00. The van der Waals surface area contributed by atoms with E-state index >= 15 is 0 Å². The summed E-state index contributed by atoms with van der Waals surface area (Å²) in [4.78, 5) is 18.1. The fourth-order valence-corrected chi connectivity index (χ4v) is 3.78. The van der Waals surface area contributed by atoms with Crippen molar-refractivity contribution in [2.24, 2.45) is 0 Å². The molecular weight excluding hydrogens is 488 g/mol. The highest BCUT2D eigenvalue weighted by molar-refractivity contribution is 5.79. The summed E-state index contributed by atoms with van der Waals surface area (Å²) < 4.78 is 78.8. The fraction of sp³-hybridized carbons (Fsp3) is 0.458. The third-order valence-electron chi connectivity index (χ3n) is 5.84. The van der Waals surface area contributed by atoms with Crippen molar-refractivity contribution >= 4 is 11.7 Å². The number of nitrogens with zero attached hydrogens (tertiary/aromatic N) is 3. The molecule has 1 fully saturated rings. The predicted octanol–water partition coefficient (Wildman–Crippen LogP) is 5.08. The first-order valence-electron chi connectivity index (χ1n) is 11.1. The fourth-order valence-electron chi connectivity index (χ4n) is 3.78. The number of carbonyl (C=O) groups excluding carboxylic acids is 1. The number of halogens is 6. The number of carbonyl (C=O) groups is 1. The Bertz CT molecular complexity index is 1090. The van der Waals surface area contributed by atoms with Gasteiger partial charge >= 0.3 is 12.4 Å². The first-order chi connectivity index (χ1) is 16.7. The monoisotopic (exact) mass is 513 g/mol. The topological polar surface area (TPSA) is 81.1 Å². The van der Waals surface area contributed by atoms with E-state index in [4.69, 9.17) is 5.26 Å². The second-order valence-corrected chi connectivity index (χ2v) is 9.19. The average molecular weight is 513 g/mol. The number of amides is 1. The number of nitriles is 1. The van der Waals surface area contributed by atoms with Gasteiger partial charge in [-0.1, -0.05) is 0 Å². The van der Waals surface area contributed by atoms with Crippen LogP contribution in [0.5, 0.6) is 0 Å². The highest BCUT2D eigenvalue weighted by atomic mass is 19.4. The van der Waals surface area contributed by atoms with Gasteiger partial charge in [-0.25, -0.2) is 4.98 Å². The van der Waals surface area contributed by atoms with Crippen LogP contribution >= 0.6 is 0 Å². The Morgan fingerprint density at radius 2 is 1.72 bits per heavy atom. The van der Waals surface area contributed by atoms with Crippen LogP contribution in [0.15, 0.2) is 36.5 Å². The van der Waals surface area contributed by atoms with E-state index in [1.807, 2.05) is 13.8 Å². The van der Waals surface area contributed by atoms with Gasteiger partial charge in [-0.05, 0) is 62.6 Å². The van der Waals surface area contributed by atoms with Crippen molar-refractivity contribution < 1.29 is 31.1 Å². The van der Waals surface area contributed by atoms with Gasteiger partial charge in [0.25, 0.3) is 0 Å². The molecule has 1 aliphatic heterocycles. The van der Waals surface area contributed by atoms with Gasteiger partial charge in [0.05, 0.1) is 23.7 Å². The maximum absolute atomic E-state index is 13.1. The Morgan fingerprint density at radius 3 is 2.25 bits per heavy atom. The molecule has 0 aliphatic carbocycles. The van der Waals surface area contributed by atoms with E-state index in [-0.39, 0.29) is 29.6 Å². The average Bonchev–Trinajstić information content (AvgIpc) is 3.29. The molecule has 3 rings (SSSR count). The molecule has 0 radical (unpaired) electrons. The second kappa shape index (κ2) is 10.3. The number of likely N-dealkylation sites (tertiary alicyclic amines) is 1. The minimum Gasteiger partial charge on any atom is -0.368 e. The van der Waals surface area contributed by atoms with Crippen molar-refractivity contribution in [2.75, 3.05) is 25.0 Å². The van der Waals surface area contributed by atoms with Gasteiger partial charge in [0.15, 0.2) is 0 Å². The number of pyridine rings is 1. The molecule has 2 aromatic rings. The van der Waals surface area contributed by atoms with Crippen molar-refractivity contribution in [3.63, 3.8) is 0 Å². The highest BCUT2D eigenvalue weighted by Gasteiger charge is 2.37. The summed E-state index contributed by atoms with van der Waals surface area (Å²) in [6, 6.07) is 5.93. The lowest BCUT2D eigenvalue weighted by Crippen LogP contribution is -2.50. The van der Waals surface area contributed by atoms with Crippen LogP contribution < -0.4 is 10.6 Å². The van der Waals surface area contributed by atoms with E-state index in [2.05, 4.69) is 21.7 Å². The quantitative estimate of drug-likeness (QED) is 0.505. The summed E-state index contributed by atoms with van der Waals surface area (Å²) in [6.45, 7) is 4.58. The number of benzene rings is 1. The molecule has 36 heavy (non-hydrogen) atoms. The van der Waals surface area contributed by atoms with Gasteiger partial charge in [-0.2, -0.15) is 31.6 Å². The molecule has 194 valence electrons. The Kier molecular flexibility index (Phi) is 7.83. The summed E-state index contributed by atoms with van der Waals surface area (Å²) in [5.41, 5.74) is -3.52. The van der Waals surface area contributed by atoms with Gasteiger partial charge in [-0.3, -0.25) is 4.79 Å². The van der Waals surface area contributed by atoms with Crippen LogP contribution in [0.3, 0.4) is 0 Å². The van der Waals surface area contributed by atoms with Gasteiger partial charge in [0.2, 0.25) is 5.91 Å². The largest absolute Gasteiger partial charge is 0.416 e. The summed E-state index contributed by atoms with van der Waals surface area (Å²) in [7, 11) is 0. The number of aromatic nitrogens is 1. The molecule has 1 aromatic heterocycles. The Labute approximate surface area is 204 Å². The molecule has 6 nitrogen and oxygen atoms in total. The molecule has 1 unspecified atom stereocenters. The molecule has 0 bridgehead atoms. The smallest absolute Gasteiger partial charge is 0.368 e.